The van der Waals surface area contributed by atoms with Gasteiger partial charge < -0.3 is 4.52 Å². The quantitative estimate of drug-likeness (QED) is 0.521. The minimum absolute atomic E-state index is 0.0532. The molecule has 29 heavy (non-hydrogen) atoms. The lowest BCUT2D eigenvalue weighted by Gasteiger charge is -2.04. The first-order chi connectivity index (χ1) is 13.9. The Kier molecular flexibility index (Phi) is 4.95. The van der Waals surface area contributed by atoms with Crippen LogP contribution in [0.15, 0.2) is 70.2 Å². The zero-order valence-corrected chi connectivity index (χ0v) is 16.1. The summed E-state index contributed by atoms with van der Waals surface area (Å²) in [6.45, 7) is -0.186. The number of hydrogen-bond donors (Lipinski definition) is 1. The monoisotopic (exact) mass is 413 g/mol. The molecule has 2 heterocycles. The van der Waals surface area contributed by atoms with Gasteiger partial charge in [-0.15, -0.1) is 0 Å². The third kappa shape index (κ3) is 4.08. The zero-order chi connectivity index (χ0) is 20.4. The van der Waals surface area contributed by atoms with E-state index < -0.39 is 15.8 Å². The fraction of sp³-hybridized carbons (Fsp3) is 0.105. The molecule has 148 valence electrons. The molecule has 4 rings (SSSR count). The highest BCUT2D eigenvalue weighted by Crippen LogP contribution is 2.24. The maximum Gasteiger partial charge on any atom is 0.242 e. The maximum absolute atomic E-state index is 13.0. The molecule has 1 N–H and O–H groups in total. The van der Waals surface area contributed by atoms with Gasteiger partial charge in [0.1, 0.15) is 5.82 Å². The fourth-order valence-electron chi connectivity index (χ4n) is 2.77. The smallest absolute Gasteiger partial charge is 0.242 e. The van der Waals surface area contributed by atoms with E-state index in [-0.39, 0.29) is 17.3 Å². The van der Waals surface area contributed by atoms with Gasteiger partial charge in [0.05, 0.1) is 17.1 Å². The third-order valence-corrected chi connectivity index (χ3v) is 5.66. The van der Waals surface area contributed by atoms with Crippen LogP contribution >= 0.6 is 0 Å². The molecular weight excluding hydrogens is 397 g/mol. The molecule has 0 fully saturated rings. The predicted octanol–water partition coefficient (Wildman–Crippen LogP) is 2.75. The van der Waals surface area contributed by atoms with E-state index >= 15 is 0 Å². The Balaban J connectivity index is 1.50. The lowest BCUT2D eigenvalue weighted by molar-refractivity contribution is 0.376. The van der Waals surface area contributed by atoms with Crippen LogP contribution in [0.5, 0.6) is 0 Å². The van der Waals surface area contributed by atoms with Crippen molar-refractivity contribution in [2.75, 3.05) is 0 Å². The first kappa shape index (κ1) is 19.0. The number of hydrogen-bond acceptors (Lipinski definition) is 6. The van der Waals surface area contributed by atoms with E-state index in [1.54, 1.807) is 10.9 Å². The molecule has 0 radical (unpaired) electrons. The van der Waals surface area contributed by atoms with Gasteiger partial charge in [0, 0.05) is 24.4 Å². The molecule has 0 aliphatic heterocycles. The van der Waals surface area contributed by atoms with Gasteiger partial charge in [0.25, 0.3) is 0 Å². The maximum atomic E-state index is 13.0. The summed E-state index contributed by atoms with van der Waals surface area (Å²) in [6, 6.07) is 13.9. The standard InChI is InChI=1S/C19H16FN5O3S/c1-25-17(9-10-21-25)13-3-2-4-14(11-13)19-23-18(28-24-19)12-22-29(26,27)16-7-5-15(20)6-8-16/h2-11,22H,12H2,1H3. The van der Waals surface area contributed by atoms with Crippen molar-refractivity contribution in [1.29, 1.82) is 0 Å². The molecule has 0 aliphatic rings. The molecule has 0 bridgehead atoms. The van der Waals surface area contributed by atoms with Crippen LogP contribution in [0.1, 0.15) is 5.89 Å². The summed E-state index contributed by atoms with van der Waals surface area (Å²) in [6.07, 6.45) is 1.71. The molecule has 0 aliphatic carbocycles. The van der Waals surface area contributed by atoms with Crippen molar-refractivity contribution >= 4 is 10.0 Å². The second kappa shape index (κ2) is 7.57. The highest BCUT2D eigenvalue weighted by molar-refractivity contribution is 7.89. The first-order valence-corrected chi connectivity index (χ1v) is 10.1. The number of aromatic nitrogens is 4. The van der Waals surface area contributed by atoms with E-state index in [4.69, 9.17) is 4.52 Å². The number of sulfonamides is 1. The summed E-state index contributed by atoms with van der Waals surface area (Å²) in [4.78, 5) is 4.20. The molecule has 0 atom stereocenters. The van der Waals surface area contributed by atoms with Gasteiger partial charge in [-0.1, -0.05) is 23.4 Å². The number of halogens is 1. The SMILES string of the molecule is Cn1nccc1-c1cccc(-c2noc(CNS(=O)(=O)c3ccc(F)cc3)n2)c1. The van der Waals surface area contributed by atoms with Crippen LogP contribution in [0, 0.1) is 5.82 Å². The fourth-order valence-corrected chi connectivity index (χ4v) is 3.75. The average molecular weight is 413 g/mol. The molecule has 0 saturated heterocycles. The highest BCUT2D eigenvalue weighted by atomic mass is 32.2. The van der Waals surface area contributed by atoms with Crippen LogP contribution in [0.2, 0.25) is 0 Å². The van der Waals surface area contributed by atoms with Crippen LogP contribution in [0.4, 0.5) is 4.39 Å². The normalized spacial score (nSPS) is 11.7. The molecule has 2 aromatic carbocycles. The Morgan fingerprint density at radius 1 is 1.10 bits per heavy atom. The van der Waals surface area contributed by atoms with Gasteiger partial charge in [-0.25, -0.2) is 17.5 Å². The van der Waals surface area contributed by atoms with E-state index in [1.165, 1.54) is 12.1 Å². The van der Waals surface area contributed by atoms with Crippen molar-refractivity contribution in [2.24, 2.45) is 7.05 Å². The van der Waals surface area contributed by atoms with Crippen LogP contribution in [-0.4, -0.2) is 28.3 Å². The van der Waals surface area contributed by atoms with E-state index in [0.717, 1.165) is 29.0 Å². The molecule has 4 aromatic rings. The van der Waals surface area contributed by atoms with Crippen LogP contribution < -0.4 is 4.72 Å². The average Bonchev–Trinajstić information content (AvgIpc) is 3.36. The minimum Gasteiger partial charge on any atom is -0.338 e. The lowest BCUT2D eigenvalue weighted by Crippen LogP contribution is -2.23. The number of aryl methyl sites for hydroxylation is 1. The lowest BCUT2D eigenvalue weighted by atomic mass is 10.1. The van der Waals surface area contributed by atoms with Crippen molar-refractivity contribution in [3.05, 3.63) is 72.5 Å². The number of benzene rings is 2. The number of rotatable bonds is 6. The second-order valence-electron chi connectivity index (χ2n) is 6.21. The van der Waals surface area contributed by atoms with E-state index in [2.05, 4.69) is 20.0 Å². The van der Waals surface area contributed by atoms with Crippen molar-refractivity contribution in [2.45, 2.75) is 11.4 Å². The Bertz CT molecular complexity index is 1250. The Labute approximate surface area is 166 Å². The summed E-state index contributed by atoms with van der Waals surface area (Å²) < 4.78 is 46.8. The minimum atomic E-state index is -3.83. The zero-order valence-electron chi connectivity index (χ0n) is 15.3. The second-order valence-corrected chi connectivity index (χ2v) is 7.98. The summed E-state index contributed by atoms with van der Waals surface area (Å²) >= 11 is 0. The summed E-state index contributed by atoms with van der Waals surface area (Å²) in [5, 5.41) is 8.08. The number of nitrogens with zero attached hydrogens (tertiary/aromatic N) is 4. The molecule has 10 heteroatoms. The summed E-state index contributed by atoms with van der Waals surface area (Å²) in [5.41, 5.74) is 2.59. The molecule has 0 amide bonds. The van der Waals surface area contributed by atoms with E-state index in [0.29, 0.717) is 5.82 Å². The Morgan fingerprint density at radius 3 is 2.59 bits per heavy atom. The summed E-state index contributed by atoms with van der Waals surface area (Å²) in [7, 11) is -1.98. The molecule has 0 unspecified atom stereocenters. The van der Waals surface area contributed by atoms with Gasteiger partial charge in [0.15, 0.2) is 0 Å². The third-order valence-electron chi connectivity index (χ3n) is 4.24. The topological polar surface area (TPSA) is 103 Å². The van der Waals surface area contributed by atoms with Crippen molar-refractivity contribution < 1.29 is 17.3 Å². The Hall–Kier alpha value is -3.37. The van der Waals surface area contributed by atoms with E-state index in [1.807, 2.05) is 37.4 Å². The van der Waals surface area contributed by atoms with Crippen LogP contribution in [-0.2, 0) is 23.6 Å². The van der Waals surface area contributed by atoms with Crippen molar-refractivity contribution in [3.8, 4) is 22.6 Å². The molecule has 8 nitrogen and oxygen atoms in total. The Morgan fingerprint density at radius 2 is 1.86 bits per heavy atom. The number of nitrogens with one attached hydrogen (secondary N) is 1. The molecule has 2 aromatic heterocycles. The van der Waals surface area contributed by atoms with Crippen molar-refractivity contribution in [1.82, 2.24) is 24.6 Å². The van der Waals surface area contributed by atoms with Gasteiger partial charge >= 0.3 is 0 Å². The van der Waals surface area contributed by atoms with Gasteiger partial charge in [-0.05, 0) is 36.4 Å². The van der Waals surface area contributed by atoms with Gasteiger partial charge in [-0.2, -0.15) is 10.1 Å². The summed E-state index contributed by atoms with van der Waals surface area (Å²) in [5.74, 6) is -0.0690. The molecular formula is C19H16FN5O3S. The highest BCUT2D eigenvalue weighted by Gasteiger charge is 2.17. The van der Waals surface area contributed by atoms with E-state index in [9.17, 15) is 12.8 Å². The van der Waals surface area contributed by atoms with Gasteiger partial charge in [0.2, 0.25) is 21.7 Å². The van der Waals surface area contributed by atoms with Crippen LogP contribution in [0.3, 0.4) is 0 Å². The first-order valence-electron chi connectivity index (χ1n) is 8.59. The molecule has 0 spiro atoms. The van der Waals surface area contributed by atoms with Gasteiger partial charge in [-0.3, -0.25) is 4.68 Å². The molecule has 0 saturated carbocycles. The van der Waals surface area contributed by atoms with Crippen LogP contribution in [0.25, 0.3) is 22.6 Å². The largest absolute Gasteiger partial charge is 0.338 e. The van der Waals surface area contributed by atoms with Crippen molar-refractivity contribution in [3.63, 3.8) is 0 Å². The predicted molar refractivity (Wildman–Crippen MR) is 102 cm³/mol.